The number of rotatable bonds is 21. The normalized spacial score (nSPS) is 11.3. The highest BCUT2D eigenvalue weighted by Gasteiger charge is 2.19. The van der Waals surface area contributed by atoms with Crippen molar-refractivity contribution in [3.63, 3.8) is 0 Å². The zero-order chi connectivity index (χ0) is 24.6. The van der Waals surface area contributed by atoms with E-state index in [9.17, 15) is 14.4 Å². The zero-order valence-corrected chi connectivity index (χ0v) is 19.8. The summed E-state index contributed by atoms with van der Waals surface area (Å²) in [6.07, 6.45) is 2.05. The lowest BCUT2D eigenvalue weighted by atomic mass is 10.4. The summed E-state index contributed by atoms with van der Waals surface area (Å²) in [6, 6.07) is 0. The molecule has 0 spiro atoms. The standard InChI is InChI=1S/C22H38O11/c1-4-7-9-26-11-15-30-21(24)32-18-19(17-28-13-14-29-20(23)6-3)33-22(25)31-16-12-27-10-8-5-2/h6,19H,3-5,7-18H2,1-2H3. The fourth-order valence-corrected chi connectivity index (χ4v) is 2.03. The Kier molecular flexibility index (Phi) is 21.2. The molecule has 11 heteroatoms. The average Bonchev–Trinajstić information content (AvgIpc) is 2.81. The summed E-state index contributed by atoms with van der Waals surface area (Å²) in [6.45, 7) is 8.70. The minimum absolute atomic E-state index is 0.0158. The molecule has 11 nitrogen and oxygen atoms in total. The number of carbonyl (C=O) groups excluding carboxylic acids is 3. The van der Waals surface area contributed by atoms with Crippen LogP contribution in [0.3, 0.4) is 0 Å². The van der Waals surface area contributed by atoms with Gasteiger partial charge >= 0.3 is 18.3 Å². The fourth-order valence-electron chi connectivity index (χ4n) is 2.03. The smallest absolute Gasteiger partial charge is 0.460 e. The molecule has 0 aromatic rings. The van der Waals surface area contributed by atoms with E-state index in [4.69, 9.17) is 37.9 Å². The lowest BCUT2D eigenvalue weighted by Crippen LogP contribution is -2.31. The van der Waals surface area contributed by atoms with Crippen LogP contribution in [-0.2, 0) is 42.7 Å². The van der Waals surface area contributed by atoms with Crippen molar-refractivity contribution in [2.75, 3.05) is 66.1 Å². The Balaban J connectivity index is 4.27. The first-order valence-electron chi connectivity index (χ1n) is 11.2. The third-order valence-electron chi connectivity index (χ3n) is 3.77. The molecule has 0 amide bonds. The van der Waals surface area contributed by atoms with E-state index in [1.165, 1.54) is 0 Å². The summed E-state index contributed by atoms with van der Waals surface area (Å²) < 4.78 is 40.6. The topological polar surface area (TPSA) is 125 Å². The Morgan fingerprint density at radius 3 is 1.79 bits per heavy atom. The molecule has 0 saturated heterocycles. The van der Waals surface area contributed by atoms with Crippen LogP contribution in [0.5, 0.6) is 0 Å². The molecule has 0 heterocycles. The van der Waals surface area contributed by atoms with Gasteiger partial charge in [0.25, 0.3) is 0 Å². The maximum Gasteiger partial charge on any atom is 0.508 e. The van der Waals surface area contributed by atoms with Gasteiger partial charge in [0.1, 0.15) is 26.4 Å². The SMILES string of the molecule is C=CC(=O)OCCOCC(COC(=O)OCCOCCCC)OC(=O)OCCOCCCC. The van der Waals surface area contributed by atoms with E-state index >= 15 is 0 Å². The number of hydrogen-bond acceptors (Lipinski definition) is 11. The molecule has 0 aromatic heterocycles. The van der Waals surface area contributed by atoms with E-state index in [-0.39, 0.29) is 52.9 Å². The lowest BCUT2D eigenvalue weighted by Gasteiger charge is -2.18. The molecule has 33 heavy (non-hydrogen) atoms. The van der Waals surface area contributed by atoms with Crippen LogP contribution < -0.4 is 0 Å². The Morgan fingerprint density at radius 1 is 0.667 bits per heavy atom. The predicted molar refractivity (Wildman–Crippen MR) is 117 cm³/mol. The van der Waals surface area contributed by atoms with Gasteiger partial charge in [0, 0.05) is 19.3 Å². The summed E-state index contributed by atoms with van der Waals surface area (Å²) in [5, 5.41) is 0. The minimum atomic E-state index is -0.957. The molecule has 0 aliphatic rings. The molecule has 0 aliphatic heterocycles. The maximum atomic E-state index is 11.9. The molecular formula is C22H38O11. The second-order valence-corrected chi connectivity index (χ2v) is 6.63. The van der Waals surface area contributed by atoms with Crippen LogP contribution in [0.1, 0.15) is 39.5 Å². The molecule has 0 bridgehead atoms. The number of ether oxygens (including phenoxy) is 8. The first-order valence-corrected chi connectivity index (χ1v) is 11.2. The molecule has 0 fully saturated rings. The molecule has 0 radical (unpaired) electrons. The first-order chi connectivity index (χ1) is 16.0. The molecular weight excluding hydrogens is 440 g/mol. The van der Waals surface area contributed by atoms with Crippen LogP contribution in [0.25, 0.3) is 0 Å². The van der Waals surface area contributed by atoms with E-state index < -0.39 is 24.4 Å². The maximum absolute atomic E-state index is 11.9. The van der Waals surface area contributed by atoms with Crippen molar-refractivity contribution in [1.82, 2.24) is 0 Å². The fraction of sp³-hybridized carbons (Fsp3) is 0.773. The highest BCUT2D eigenvalue weighted by molar-refractivity contribution is 5.81. The monoisotopic (exact) mass is 478 g/mol. The highest BCUT2D eigenvalue weighted by atomic mass is 16.8. The zero-order valence-electron chi connectivity index (χ0n) is 19.8. The van der Waals surface area contributed by atoms with Gasteiger partial charge in [0.2, 0.25) is 0 Å². The van der Waals surface area contributed by atoms with Crippen molar-refractivity contribution in [1.29, 1.82) is 0 Å². The molecule has 0 rings (SSSR count). The number of esters is 1. The number of unbranched alkanes of at least 4 members (excludes halogenated alkanes) is 2. The average molecular weight is 479 g/mol. The molecule has 192 valence electrons. The third-order valence-corrected chi connectivity index (χ3v) is 3.77. The summed E-state index contributed by atoms with van der Waals surface area (Å²) >= 11 is 0. The molecule has 1 atom stereocenters. The van der Waals surface area contributed by atoms with Gasteiger partial charge in [-0.3, -0.25) is 0 Å². The van der Waals surface area contributed by atoms with Crippen molar-refractivity contribution in [2.24, 2.45) is 0 Å². The van der Waals surface area contributed by atoms with Crippen molar-refractivity contribution in [3.05, 3.63) is 12.7 Å². The van der Waals surface area contributed by atoms with E-state index in [2.05, 4.69) is 6.58 Å². The molecule has 0 aromatic carbocycles. The van der Waals surface area contributed by atoms with Crippen LogP contribution >= 0.6 is 0 Å². The minimum Gasteiger partial charge on any atom is -0.460 e. The first kappa shape index (κ1) is 30.6. The van der Waals surface area contributed by atoms with E-state index in [0.29, 0.717) is 13.2 Å². The summed E-state index contributed by atoms with van der Waals surface area (Å²) in [7, 11) is 0. The van der Waals surface area contributed by atoms with Crippen LogP contribution in [0, 0.1) is 0 Å². The Hall–Kier alpha value is -2.37. The summed E-state index contributed by atoms with van der Waals surface area (Å²) in [5.41, 5.74) is 0. The van der Waals surface area contributed by atoms with Gasteiger partial charge in [-0.15, -0.1) is 0 Å². The summed E-state index contributed by atoms with van der Waals surface area (Å²) in [5.74, 6) is -0.583. The van der Waals surface area contributed by atoms with E-state index in [0.717, 1.165) is 31.8 Å². The van der Waals surface area contributed by atoms with Gasteiger partial charge in [-0.05, 0) is 12.8 Å². The second-order valence-electron chi connectivity index (χ2n) is 6.63. The molecule has 0 N–H and O–H groups in total. The molecule has 1 unspecified atom stereocenters. The van der Waals surface area contributed by atoms with Crippen LogP contribution in [0.4, 0.5) is 9.59 Å². The van der Waals surface area contributed by atoms with Crippen molar-refractivity contribution in [2.45, 2.75) is 45.6 Å². The predicted octanol–water partition coefficient (Wildman–Crippen LogP) is 3.04. The van der Waals surface area contributed by atoms with Crippen molar-refractivity contribution >= 4 is 18.3 Å². The van der Waals surface area contributed by atoms with Gasteiger partial charge in [-0.2, -0.15) is 0 Å². The number of hydrogen-bond donors (Lipinski definition) is 0. The largest absolute Gasteiger partial charge is 0.508 e. The van der Waals surface area contributed by atoms with Gasteiger partial charge in [-0.25, -0.2) is 14.4 Å². The second kappa shape index (κ2) is 22.8. The Labute approximate surface area is 195 Å². The van der Waals surface area contributed by atoms with Gasteiger partial charge in [-0.1, -0.05) is 33.3 Å². The Bertz CT molecular complexity index is 524. The lowest BCUT2D eigenvalue weighted by molar-refractivity contribution is -0.139. The van der Waals surface area contributed by atoms with Gasteiger partial charge < -0.3 is 37.9 Å². The quantitative estimate of drug-likeness (QED) is 0.105. The van der Waals surface area contributed by atoms with Gasteiger partial charge in [0.05, 0.1) is 26.4 Å². The van der Waals surface area contributed by atoms with E-state index in [1.807, 2.05) is 13.8 Å². The molecule has 0 saturated carbocycles. The summed E-state index contributed by atoms with van der Waals surface area (Å²) in [4.78, 5) is 34.6. The van der Waals surface area contributed by atoms with Gasteiger partial charge in [0.15, 0.2) is 6.10 Å². The third kappa shape index (κ3) is 21.2. The van der Waals surface area contributed by atoms with Crippen LogP contribution in [0.2, 0.25) is 0 Å². The van der Waals surface area contributed by atoms with Crippen molar-refractivity contribution in [3.8, 4) is 0 Å². The highest BCUT2D eigenvalue weighted by Crippen LogP contribution is 2.01. The molecule has 0 aliphatic carbocycles. The van der Waals surface area contributed by atoms with Crippen molar-refractivity contribution < 1.29 is 52.3 Å². The van der Waals surface area contributed by atoms with E-state index in [1.54, 1.807) is 0 Å². The van der Waals surface area contributed by atoms with Crippen LogP contribution in [-0.4, -0.2) is 90.5 Å². The Morgan fingerprint density at radius 2 is 1.21 bits per heavy atom. The van der Waals surface area contributed by atoms with Crippen LogP contribution in [0.15, 0.2) is 12.7 Å². The number of carbonyl (C=O) groups is 3.